The zero-order valence-electron chi connectivity index (χ0n) is 14.4. The van der Waals surface area contributed by atoms with Crippen molar-refractivity contribution in [1.82, 2.24) is 9.88 Å². The van der Waals surface area contributed by atoms with E-state index in [0.717, 1.165) is 30.8 Å². The van der Waals surface area contributed by atoms with Gasteiger partial charge in [0.15, 0.2) is 0 Å². The number of nitrogens with zero attached hydrogens (tertiary/aromatic N) is 2. The van der Waals surface area contributed by atoms with Gasteiger partial charge in [-0.2, -0.15) is 0 Å². The van der Waals surface area contributed by atoms with E-state index in [9.17, 15) is 0 Å². The van der Waals surface area contributed by atoms with Crippen molar-refractivity contribution in [3.05, 3.63) is 59.6 Å². The summed E-state index contributed by atoms with van der Waals surface area (Å²) in [4.78, 5) is 7.42. The first-order chi connectivity index (χ1) is 12.4. The van der Waals surface area contributed by atoms with Crippen LogP contribution in [0.5, 0.6) is 5.75 Å². The molecule has 4 rings (SSSR count). The first-order valence-corrected chi connectivity index (χ1v) is 9.96. The monoisotopic (exact) mass is 352 g/mol. The Hall–Kier alpha value is -1.91. The molecule has 2 aromatic carbocycles. The van der Waals surface area contributed by atoms with Gasteiger partial charge in [0.1, 0.15) is 5.75 Å². The third kappa shape index (κ3) is 4.20. The van der Waals surface area contributed by atoms with Crippen LogP contribution in [0, 0.1) is 0 Å². The van der Waals surface area contributed by atoms with Crippen molar-refractivity contribution in [1.29, 1.82) is 0 Å². The van der Waals surface area contributed by atoms with Crippen molar-refractivity contribution in [3.8, 4) is 5.75 Å². The highest BCUT2D eigenvalue weighted by Crippen LogP contribution is 2.33. The molecule has 2 heterocycles. The molecule has 0 radical (unpaired) electrons. The molecule has 130 valence electrons. The van der Waals surface area contributed by atoms with Gasteiger partial charge in [-0.25, -0.2) is 4.98 Å². The maximum absolute atomic E-state index is 5.79. The van der Waals surface area contributed by atoms with E-state index >= 15 is 0 Å². The van der Waals surface area contributed by atoms with E-state index in [4.69, 9.17) is 9.72 Å². The molecule has 0 atom stereocenters. The Bertz CT molecular complexity index is 761. The van der Waals surface area contributed by atoms with Gasteiger partial charge in [-0.3, -0.25) is 0 Å². The summed E-state index contributed by atoms with van der Waals surface area (Å²) in [5, 5.41) is 1.33. The van der Waals surface area contributed by atoms with Crippen LogP contribution < -0.4 is 4.74 Å². The van der Waals surface area contributed by atoms with Crippen LogP contribution in [0.2, 0.25) is 0 Å². The minimum atomic E-state index is 0.634. The third-order valence-corrected chi connectivity index (χ3v) is 6.08. The predicted octanol–water partition coefficient (Wildman–Crippen LogP) is 4.94. The van der Waals surface area contributed by atoms with Gasteiger partial charge in [-0.05, 0) is 56.6 Å². The highest BCUT2D eigenvalue weighted by molar-refractivity contribution is 7.18. The number of aromatic nitrogens is 1. The second kappa shape index (κ2) is 7.98. The number of hydrogen-bond acceptors (Lipinski definition) is 4. The molecular formula is C21H24N2OS. The third-order valence-electron chi connectivity index (χ3n) is 4.88. The molecular weight excluding hydrogens is 328 g/mol. The summed E-state index contributed by atoms with van der Waals surface area (Å²) < 4.78 is 7.10. The number of thiazole rings is 1. The van der Waals surface area contributed by atoms with Gasteiger partial charge in [0.05, 0.1) is 21.8 Å². The van der Waals surface area contributed by atoms with Crippen LogP contribution in [0.4, 0.5) is 0 Å². The molecule has 1 saturated heterocycles. The van der Waals surface area contributed by atoms with Crippen molar-refractivity contribution < 1.29 is 4.74 Å². The van der Waals surface area contributed by atoms with Crippen molar-refractivity contribution in [2.24, 2.45) is 0 Å². The van der Waals surface area contributed by atoms with Gasteiger partial charge < -0.3 is 9.64 Å². The van der Waals surface area contributed by atoms with Crippen molar-refractivity contribution in [2.75, 3.05) is 26.2 Å². The van der Waals surface area contributed by atoms with E-state index < -0.39 is 0 Å². The molecule has 1 aliphatic heterocycles. The van der Waals surface area contributed by atoms with Gasteiger partial charge in [-0.1, -0.05) is 30.3 Å². The molecule has 3 nitrogen and oxygen atoms in total. The van der Waals surface area contributed by atoms with Crippen LogP contribution in [0.3, 0.4) is 0 Å². The average molecular weight is 353 g/mol. The summed E-state index contributed by atoms with van der Waals surface area (Å²) in [6, 6.07) is 18.6. The van der Waals surface area contributed by atoms with Crippen LogP contribution in [0.25, 0.3) is 10.2 Å². The number of fused-ring (bicyclic) bond motifs is 1. The van der Waals surface area contributed by atoms with Crippen LogP contribution in [-0.2, 0) is 0 Å². The largest absolute Gasteiger partial charge is 0.494 e. The summed E-state index contributed by atoms with van der Waals surface area (Å²) in [5.41, 5.74) is 1.16. The second-order valence-corrected chi connectivity index (χ2v) is 7.71. The normalized spacial score (nSPS) is 16.3. The first kappa shape index (κ1) is 16.6. The Labute approximate surface area is 153 Å². The molecule has 0 N–H and O–H groups in total. The highest BCUT2D eigenvalue weighted by atomic mass is 32.1. The van der Waals surface area contributed by atoms with E-state index in [1.165, 1.54) is 35.6 Å². The van der Waals surface area contributed by atoms with Gasteiger partial charge in [0, 0.05) is 12.5 Å². The lowest BCUT2D eigenvalue weighted by atomic mass is 9.97. The number of likely N-dealkylation sites (tertiary alicyclic amines) is 1. The fraction of sp³-hybridized carbons (Fsp3) is 0.381. The second-order valence-electron chi connectivity index (χ2n) is 6.65. The van der Waals surface area contributed by atoms with Gasteiger partial charge in [-0.15, -0.1) is 11.3 Å². The average Bonchev–Trinajstić information content (AvgIpc) is 3.11. The molecule has 25 heavy (non-hydrogen) atoms. The quantitative estimate of drug-likeness (QED) is 0.587. The van der Waals surface area contributed by atoms with Crippen LogP contribution >= 0.6 is 11.3 Å². The zero-order valence-corrected chi connectivity index (χ0v) is 15.3. The topological polar surface area (TPSA) is 25.4 Å². The molecule has 0 spiro atoms. The van der Waals surface area contributed by atoms with Crippen LogP contribution in [0.15, 0.2) is 54.6 Å². The fourth-order valence-electron chi connectivity index (χ4n) is 3.46. The lowest BCUT2D eigenvalue weighted by molar-refractivity contribution is 0.193. The Morgan fingerprint density at radius 1 is 1.00 bits per heavy atom. The minimum absolute atomic E-state index is 0.634. The summed E-state index contributed by atoms with van der Waals surface area (Å²) in [7, 11) is 0. The number of ether oxygens (including phenoxy) is 1. The number of para-hydroxylation sites is 2. The smallest absolute Gasteiger partial charge is 0.119 e. The number of rotatable bonds is 6. The lowest BCUT2D eigenvalue weighted by Gasteiger charge is -2.30. The summed E-state index contributed by atoms with van der Waals surface area (Å²) in [5.74, 6) is 1.60. The molecule has 1 aliphatic rings. The van der Waals surface area contributed by atoms with Crippen molar-refractivity contribution in [2.45, 2.75) is 25.2 Å². The van der Waals surface area contributed by atoms with Crippen molar-refractivity contribution >= 4 is 21.6 Å². The Morgan fingerprint density at radius 2 is 1.76 bits per heavy atom. The molecule has 0 saturated carbocycles. The number of hydrogen-bond donors (Lipinski definition) is 0. The molecule has 1 aromatic heterocycles. The Balaban J connectivity index is 1.21. The maximum Gasteiger partial charge on any atom is 0.119 e. The molecule has 0 unspecified atom stereocenters. The fourth-order valence-corrected chi connectivity index (χ4v) is 4.60. The van der Waals surface area contributed by atoms with Gasteiger partial charge in [0.2, 0.25) is 0 Å². The summed E-state index contributed by atoms with van der Waals surface area (Å²) in [6.45, 7) is 4.26. The predicted molar refractivity (Wildman–Crippen MR) is 105 cm³/mol. The van der Waals surface area contributed by atoms with E-state index in [1.807, 2.05) is 41.7 Å². The molecule has 1 fully saturated rings. The molecule has 0 aliphatic carbocycles. The zero-order chi connectivity index (χ0) is 16.9. The Morgan fingerprint density at radius 3 is 2.56 bits per heavy atom. The maximum atomic E-state index is 5.79. The van der Waals surface area contributed by atoms with E-state index in [-0.39, 0.29) is 0 Å². The number of piperidine rings is 1. The van der Waals surface area contributed by atoms with Crippen LogP contribution in [0.1, 0.15) is 30.2 Å². The van der Waals surface area contributed by atoms with Gasteiger partial charge in [0.25, 0.3) is 0 Å². The number of benzene rings is 2. The van der Waals surface area contributed by atoms with Crippen molar-refractivity contribution in [3.63, 3.8) is 0 Å². The SMILES string of the molecule is c1ccc(OCCCN2CCC(c3nc4ccccc4s3)CC2)cc1. The van der Waals surface area contributed by atoms with E-state index in [0.29, 0.717) is 5.92 Å². The minimum Gasteiger partial charge on any atom is -0.494 e. The van der Waals surface area contributed by atoms with E-state index in [1.54, 1.807) is 0 Å². The van der Waals surface area contributed by atoms with E-state index in [2.05, 4.69) is 29.2 Å². The highest BCUT2D eigenvalue weighted by Gasteiger charge is 2.22. The first-order valence-electron chi connectivity index (χ1n) is 9.14. The standard InChI is InChI=1S/C21H24N2OS/c1-2-7-18(8-3-1)24-16-6-13-23-14-11-17(12-15-23)21-22-19-9-4-5-10-20(19)25-21/h1-5,7-10,17H,6,11-16H2. The summed E-state index contributed by atoms with van der Waals surface area (Å²) >= 11 is 1.87. The van der Waals surface area contributed by atoms with Gasteiger partial charge >= 0.3 is 0 Å². The molecule has 4 heteroatoms. The Kier molecular flexibility index (Phi) is 5.28. The molecule has 3 aromatic rings. The molecule has 0 amide bonds. The summed E-state index contributed by atoms with van der Waals surface area (Å²) in [6.07, 6.45) is 3.53. The lowest BCUT2D eigenvalue weighted by Crippen LogP contribution is -2.34. The van der Waals surface area contributed by atoms with Crippen LogP contribution in [-0.4, -0.2) is 36.1 Å². The molecule has 0 bridgehead atoms.